The highest BCUT2D eigenvalue weighted by molar-refractivity contribution is 6.30. The highest BCUT2D eigenvalue weighted by Gasteiger charge is 2.18. The van der Waals surface area contributed by atoms with E-state index in [1.807, 2.05) is 0 Å². The van der Waals surface area contributed by atoms with Crippen LogP contribution < -0.4 is 16.4 Å². The zero-order valence-corrected chi connectivity index (χ0v) is 13.5. The molecule has 2 unspecified atom stereocenters. The highest BCUT2D eigenvalue weighted by atomic mass is 35.5. The molecular formula is C15H20ClN3O4. The third-order valence-corrected chi connectivity index (χ3v) is 3.40. The van der Waals surface area contributed by atoms with Crippen LogP contribution in [0.5, 0.6) is 0 Å². The second kappa shape index (κ2) is 9.12. The number of carbonyl (C=O) groups excluding carboxylic acids is 2. The van der Waals surface area contributed by atoms with Crippen LogP contribution in [0.3, 0.4) is 0 Å². The minimum absolute atomic E-state index is 0.0359. The summed E-state index contributed by atoms with van der Waals surface area (Å²) >= 11 is 5.84. The Morgan fingerprint density at radius 3 is 2.35 bits per heavy atom. The van der Waals surface area contributed by atoms with Gasteiger partial charge in [-0.2, -0.15) is 0 Å². The topological polar surface area (TPSA) is 122 Å². The van der Waals surface area contributed by atoms with Crippen LogP contribution in [0.2, 0.25) is 5.02 Å². The van der Waals surface area contributed by atoms with Crippen molar-refractivity contribution >= 4 is 29.4 Å². The molecule has 1 rings (SSSR count). The second-order valence-electron chi connectivity index (χ2n) is 5.16. The monoisotopic (exact) mass is 341 g/mol. The normalized spacial score (nSPS) is 13.0. The molecule has 0 saturated heterocycles. The van der Waals surface area contributed by atoms with Crippen molar-refractivity contribution in [3.8, 4) is 0 Å². The van der Waals surface area contributed by atoms with Gasteiger partial charge in [-0.05, 0) is 24.6 Å². The number of halogens is 1. The molecule has 0 aliphatic heterocycles. The molecule has 2 amide bonds. The first-order chi connectivity index (χ1) is 10.8. The molecule has 0 fully saturated rings. The van der Waals surface area contributed by atoms with Gasteiger partial charge >= 0.3 is 5.97 Å². The lowest BCUT2D eigenvalue weighted by Gasteiger charge is -2.18. The minimum Gasteiger partial charge on any atom is -0.480 e. The second-order valence-corrected chi connectivity index (χ2v) is 5.59. The standard InChI is InChI=1S/C15H20ClN3O4/c1-9(17)15(23)19-7-11(6-13(20)18-8-14(21)22)10-2-4-12(16)5-3-10/h2-5,9,11H,6-8,17H2,1H3,(H,18,20)(H,19,23)(H,21,22). The molecule has 126 valence electrons. The molecule has 1 aromatic carbocycles. The van der Waals surface area contributed by atoms with E-state index in [2.05, 4.69) is 10.6 Å². The number of nitrogens with one attached hydrogen (secondary N) is 2. The van der Waals surface area contributed by atoms with Crippen LogP contribution in [0.4, 0.5) is 0 Å². The number of benzene rings is 1. The Morgan fingerprint density at radius 1 is 1.22 bits per heavy atom. The van der Waals surface area contributed by atoms with Crippen molar-refractivity contribution in [1.82, 2.24) is 10.6 Å². The molecule has 0 spiro atoms. The molecule has 8 heteroatoms. The molecule has 5 N–H and O–H groups in total. The zero-order valence-electron chi connectivity index (χ0n) is 12.7. The smallest absolute Gasteiger partial charge is 0.322 e. The number of hydrogen-bond acceptors (Lipinski definition) is 4. The van der Waals surface area contributed by atoms with Gasteiger partial charge < -0.3 is 21.5 Å². The first-order valence-electron chi connectivity index (χ1n) is 7.07. The van der Waals surface area contributed by atoms with Gasteiger partial charge in [-0.25, -0.2) is 0 Å². The number of hydrogen-bond donors (Lipinski definition) is 4. The van der Waals surface area contributed by atoms with Crippen LogP contribution in [-0.2, 0) is 14.4 Å². The Morgan fingerprint density at radius 2 is 1.83 bits per heavy atom. The van der Waals surface area contributed by atoms with Crippen molar-refractivity contribution in [2.45, 2.75) is 25.3 Å². The predicted molar refractivity (Wildman–Crippen MR) is 86.1 cm³/mol. The number of amides is 2. The summed E-state index contributed by atoms with van der Waals surface area (Å²) in [6, 6.07) is 6.24. The summed E-state index contributed by atoms with van der Waals surface area (Å²) in [5.41, 5.74) is 6.30. The van der Waals surface area contributed by atoms with Gasteiger partial charge in [-0.3, -0.25) is 14.4 Å². The quantitative estimate of drug-likeness (QED) is 0.548. The predicted octanol–water partition coefficient (Wildman–Crippen LogP) is 0.478. The van der Waals surface area contributed by atoms with Crippen LogP contribution in [0, 0.1) is 0 Å². The lowest BCUT2D eigenvalue weighted by molar-refractivity contribution is -0.138. The van der Waals surface area contributed by atoms with E-state index in [4.69, 9.17) is 22.4 Å². The van der Waals surface area contributed by atoms with Gasteiger partial charge in [-0.1, -0.05) is 23.7 Å². The van der Waals surface area contributed by atoms with E-state index in [1.165, 1.54) is 0 Å². The van der Waals surface area contributed by atoms with E-state index in [0.717, 1.165) is 5.56 Å². The van der Waals surface area contributed by atoms with E-state index in [0.29, 0.717) is 5.02 Å². The molecule has 0 radical (unpaired) electrons. The first-order valence-corrected chi connectivity index (χ1v) is 7.44. The van der Waals surface area contributed by atoms with Crippen molar-refractivity contribution < 1.29 is 19.5 Å². The Kier molecular flexibility index (Phi) is 7.50. The van der Waals surface area contributed by atoms with Gasteiger partial charge in [0, 0.05) is 23.9 Å². The number of nitrogens with two attached hydrogens (primary N) is 1. The Balaban J connectivity index is 2.75. The summed E-state index contributed by atoms with van der Waals surface area (Å²) in [5, 5.41) is 14.1. The lowest BCUT2D eigenvalue weighted by Crippen LogP contribution is -2.41. The summed E-state index contributed by atoms with van der Waals surface area (Å²) in [5.74, 6) is -2.17. The summed E-state index contributed by atoms with van der Waals surface area (Å²) in [7, 11) is 0. The third kappa shape index (κ3) is 7.12. The van der Waals surface area contributed by atoms with E-state index in [9.17, 15) is 14.4 Å². The van der Waals surface area contributed by atoms with E-state index in [1.54, 1.807) is 31.2 Å². The van der Waals surface area contributed by atoms with Crippen molar-refractivity contribution in [2.24, 2.45) is 5.73 Å². The van der Waals surface area contributed by atoms with Crippen molar-refractivity contribution in [3.63, 3.8) is 0 Å². The molecular weight excluding hydrogens is 322 g/mol. The van der Waals surface area contributed by atoms with Gasteiger partial charge in [0.15, 0.2) is 0 Å². The molecule has 0 saturated carbocycles. The number of rotatable bonds is 8. The number of carboxylic acid groups (broad SMARTS) is 1. The van der Waals surface area contributed by atoms with E-state index in [-0.39, 0.29) is 24.8 Å². The molecule has 0 heterocycles. The summed E-state index contributed by atoms with van der Waals surface area (Å²) in [4.78, 5) is 33.9. The number of carboxylic acids is 1. The largest absolute Gasteiger partial charge is 0.480 e. The first kappa shape index (κ1) is 18.9. The highest BCUT2D eigenvalue weighted by Crippen LogP contribution is 2.21. The molecule has 0 aliphatic carbocycles. The Hall–Kier alpha value is -2.12. The van der Waals surface area contributed by atoms with E-state index >= 15 is 0 Å². The van der Waals surface area contributed by atoms with Crippen LogP contribution in [0.1, 0.15) is 24.8 Å². The molecule has 0 bridgehead atoms. The minimum atomic E-state index is -1.12. The molecule has 1 aromatic rings. The number of carbonyl (C=O) groups is 3. The fourth-order valence-electron chi connectivity index (χ4n) is 1.90. The van der Waals surface area contributed by atoms with Gasteiger partial charge in [0.25, 0.3) is 0 Å². The average Bonchev–Trinajstić information content (AvgIpc) is 2.49. The molecule has 7 nitrogen and oxygen atoms in total. The fourth-order valence-corrected chi connectivity index (χ4v) is 2.02. The maximum Gasteiger partial charge on any atom is 0.322 e. The molecule has 0 aliphatic rings. The summed E-state index contributed by atoms with van der Waals surface area (Å²) < 4.78 is 0. The van der Waals surface area contributed by atoms with Crippen molar-refractivity contribution in [1.29, 1.82) is 0 Å². The van der Waals surface area contributed by atoms with Crippen LogP contribution in [-0.4, -0.2) is 42.0 Å². The number of aliphatic carboxylic acids is 1. The van der Waals surface area contributed by atoms with Gasteiger partial charge in [0.2, 0.25) is 11.8 Å². The van der Waals surface area contributed by atoms with E-state index < -0.39 is 24.5 Å². The van der Waals surface area contributed by atoms with Crippen LogP contribution in [0.25, 0.3) is 0 Å². The van der Waals surface area contributed by atoms with Gasteiger partial charge in [0.1, 0.15) is 6.54 Å². The Bertz CT molecular complexity index is 560. The van der Waals surface area contributed by atoms with Crippen LogP contribution >= 0.6 is 11.6 Å². The molecule has 2 atom stereocenters. The molecule has 0 aromatic heterocycles. The maximum atomic E-state index is 11.8. The van der Waals surface area contributed by atoms with Gasteiger partial charge in [0.05, 0.1) is 6.04 Å². The summed E-state index contributed by atoms with van der Waals surface area (Å²) in [6.45, 7) is 1.33. The van der Waals surface area contributed by atoms with Crippen molar-refractivity contribution in [3.05, 3.63) is 34.9 Å². The molecule has 23 heavy (non-hydrogen) atoms. The zero-order chi connectivity index (χ0) is 17.4. The summed E-state index contributed by atoms with van der Waals surface area (Å²) in [6.07, 6.45) is 0.0359. The fraction of sp³-hybridized carbons (Fsp3) is 0.400. The van der Waals surface area contributed by atoms with Gasteiger partial charge in [-0.15, -0.1) is 0 Å². The maximum absolute atomic E-state index is 11.8. The van der Waals surface area contributed by atoms with Crippen molar-refractivity contribution in [2.75, 3.05) is 13.1 Å². The SMILES string of the molecule is CC(N)C(=O)NCC(CC(=O)NCC(=O)O)c1ccc(Cl)cc1. The third-order valence-electron chi connectivity index (χ3n) is 3.15. The van der Waals surface area contributed by atoms with Crippen LogP contribution in [0.15, 0.2) is 24.3 Å². The lowest BCUT2D eigenvalue weighted by atomic mass is 9.95. The Labute approximate surface area is 139 Å². The average molecular weight is 342 g/mol.